The topological polar surface area (TPSA) is 99.4 Å². The molecule has 0 aliphatic carbocycles. The van der Waals surface area contributed by atoms with Gasteiger partial charge in [0.25, 0.3) is 5.91 Å². The van der Waals surface area contributed by atoms with Gasteiger partial charge in [-0.1, -0.05) is 12.1 Å². The van der Waals surface area contributed by atoms with Crippen LogP contribution in [0.15, 0.2) is 53.1 Å². The Morgan fingerprint density at radius 2 is 2.04 bits per heavy atom. The van der Waals surface area contributed by atoms with Crippen LogP contribution in [0, 0.1) is 0 Å². The lowest BCUT2D eigenvalue weighted by atomic mass is 10.1. The van der Waals surface area contributed by atoms with Gasteiger partial charge in [-0.2, -0.15) is 10.1 Å². The number of phenolic OH excluding ortho intramolecular Hbond substituents is 1. The molecule has 1 aliphatic rings. The molecular weight excluding hydrogens is 348 g/mol. The van der Waals surface area contributed by atoms with Crippen LogP contribution in [0.5, 0.6) is 11.5 Å². The molecule has 1 amide bonds. The lowest BCUT2D eigenvalue weighted by molar-refractivity contribution is -0.114. The van der Waals surface area contributed by atoms with E-state index < -0.39 is 5.97 Å². The summed E-state index contributed by atoms with van der Waals surface area (Å²) in [6.07, 6.45) is 1.66. The second kappa shape index (κ2) is 7.33. The highest BCUT2D eigenvalue weighted by Crippen LogP contribution is 2.30. The minimum absolute atomic E-state index is 0.0225. The molecule has 7 nitrogen and oxygen atoms in total. The summed E-state index contributed by atoms with van der Waals surface area (Å²) in [4.78, 5) is 23.9. The van der Waals surface area contributed by atoms with Crippen molar-refractivity contribution in [2.75, 3.05) is 11.6 Å². The van der Waals surface area contributed by atoms with Crippen LogP contribution in [-0.4, -0.2) is 34.4 Å². The SMILES string of the molecule is CCOc1cc(C=C2C(=O)N(c3cccc(C(=O)O)c3)N=C2C)ccc1O. The van der Waals surface area contributed by atoms with Crippen LogP contribution < -0.4 is 9.75 Å². The molecule has 1 heterocycles. The van der Waals surface area contributed by atoms with E-state index in [4.69, 9.17) is 9.84 Å². The monoisotopic (exact) mass is 366 g/mol. The fraction of sp³-hybridized carbons (Fsp3) is 0.150. The standard InChI is InChI=1S/C20H18N2O5/c1-3-27-18-10-13(7-8-17(18)23)9-16-12(2)21-22(19(16)24)15-6-4-5-14(11-15)20(25)26/h4-11,23H,3H2,1-2H3,(H,25,26). The van der Waals surface area contributed by atoms with Gasteiger partial charge in [-0.25, -0.2) is 4.79 Å². The van der Waals surface area contributed by atoms with Crippen molar-refractivity contribution in [2.24, 2.45) is 5.10 Å². The second-order valence-electron chi connectivity index (χ2n) is 5.88. The number of nitrogens with zero attached hydrogens (tertiary/aromatic N) is 2. The molecule has 2 N–H and O–H groups in total. The number of aromatic carboxylic acids is 1. The zero-order chi connectivity index (χ0) is 19.6. The number of hydrogen-bond acceptors (Lipinski definition) is 5. The molecule has 0 spiro atoms. The van der Waals surface area contributed by atoms with E-state index in [0.29, 0.717) is 34.9 Å². The Morgan fingerprint density at radius 1 is 1.26 bits per heavy atom. The number of carboxylic acids is 1. The molecule has 0 saturated carbocycles. The molecular formula is C20H18N2O5. The van der Waals surface area contributed by atoms with Crippen molar-refractivity contribution in [3.8, 4) is 11.5 Å². The maximum atomic E-state index is 12.8. The number of ether oxygens (including phenoxy) is 1. The predicted molar refractivity (Wildman–Crippen MR) is 101 cm³/mol. The van der Waals surface area contributed by atoms with Crippen molar-refractivity contribution < 1.29 is 24.5 Å². The van der Waals surface area contributed by atoms with Crippen LogP contribution in [-0.2, 0) is 4.79 Å². The molecule has 0 atom stereocenters. The highest BCUT2D eigenvalue weighted by atomic mass is 16.5. The molecule has 0 fully saturated rings. The van der Waals surface area contributed by atoms with Crippen LogP contribution >= 0.6 is 0 Å². The van der Waals surface area contributed by atoms with Crippen molar-refractivity contribution in [3.05, 3.63) is 59.2 Å². The van der Waals surface area contributed by atoms with Crippen molar-refractivity contribution in [2.45, 2.75) is 13.8 Å². The normalized spacial score (nSPS) is 15.2. The average Bonchev–Trinajstić information content (AvgIpc) is 2.93. The highest BCUT2D eigenvalue weighted by Gasteiger charge is 2.29. The summed E-state index contributed by atoms with van der Waals surface area (Å²) in [5.41, 5.74) is 2.01. The molecule has 138 valence electrons. The van der Waals surface area contributed by atoms with Crippen LogP contribution in [0.3, 0.4) is 0 Å². The van der Waals surface area contributed by atoms with Gasteiger partial charge in [0.1, 0.15) is 0 Å². The first-order valence-electron chi connectivity index (χ1n) is 8.31. The number of anilines is 1. The summed E-state index contributed by atoms with van der Waals surface area (Å²) in [7, 11) is 0. The third-order valence-corrected chi connectivity index (χ3v) is 3.99. The van der Waals surface area contributed by atoms with Gasteiger partial charge in [-0.05, 0) is 55.8 Å². The van der Waals surface area contributed by atoms with Gasteiger partial charge in [0.2, 0.25) is 0 Å². The Hall–Kier alpha value is -3.61. The number of amides is 1. The predicted octanol–water partition coefficient (Wildman–Crippen LogP) is 3.30. The first kappa shape index (κ1) is 18.2. The van der Waals surface area contributed by atoms with Crippen molar-refractivity contribution in [1.29, 1.82) is 0 Å². The van der Waals surface area contributed by atoms with Gasteiger partial charge in [-0.15, -0.1) is 0 Å². The minimum atomic E-state index is -1.08. The molecule has 1 aliphatic heterocycles. The number of hydrazone groups is 1. The number of hydrogen-bond donors (Lipinski definition) is 2. The highest BCUT2D eigenvalue weighted by molar-refractivity contribution is 6.32. The van der Waals surface area contributed by atoms with Gasteiger partial charge >= 0.3 is 5.97 Å². The third kappa shape index (κ3) is 3.67. The van der Waals surface area contributed by atoms with E-state index in [2.05, 4.69) is 5.10 Å². The molecule has 3 rings (SSSR count). The smallest absolute Gasteiger partial charge is 0.335 e. The maximum absolute atomic E-state index is 12.8. The van der Waals surface area contributed by atoms with Gasteiger partial charge < -0.3 is 14.9 Å². The summed E-state index contributed by atoms with van der Waals surface area (Å²) in [5.74, 6) is -1.08. The van der Waals surface area contributed by atoms with Gasteiger partial charge in [0.15, 0.2) is 11.5 Å². The van der Waals surface area contributed by atoms with Crippen molar-refractivity contribution in [1.82, 2.24) is 0 Å². The van der Waals surface area contributed by atoms with E-state index in [9.17, 15) is 14.7 Å². The molecule has 7 heteroatoms. The quantitative estimate of drug-likeness (QED) is 0.791. The molecule has 0 unspecified atom stereocenters. The van der Waals surface area contributed by atoms with Gasteiger partial charge in [-0.3, -0.25) is 4.79 Å². The Balaban J connectivity index is 1.94. The average molecular weight is 366 g/mol. The van der Waals surface area contributed by atoms with E-state index in [1.165, 1.54) is 23.2 Å². The minimum Gasteiger partial charge on any atom is -0.504 e. The Kier molecular flexibility index (Phi) is 4.94. The molecule has 0 saturated heterocycles. The van der Waals surface area contributed by atoms with E-state index in [-0.39, 0.29) is 17.2 Å². The first-order chi connectivity index (χ1) is 12.9. The third-order valence-electron chi connectivity index (χ3n) is 3.99. The fourth-order valence-corrected chi connectivity index (χ4v) is 2.69. The Bertz CT molecular complexity index is 978. The summed E-state index contributed by atoms with van der Waals surface area (Å²) in [5, 5.41) is 24.4. The molecule has 0 bridgehead atoms. The Morgan fingerprint density at radius 3 is 2.74 bits per heavy atom. The number of aromatic hydroxyl groups is 1. The summed E-state index contributed by atoms with van der Waals surface area (Å²) < 4.78 is 5.36. The molecule has 2 aromatic rings. The van der Waals surface area contributed by atoms with Crippen LogP contribution in [0.25, 0.3) is 6.08 Å². The second-order valence-corrected chi connectivity index (χ2v) is 5.88. The number of phenols is 1. The molecule has 2 aromatic carbocycles. The van der Waals surface area contributed by atoms with Gasteiger partial charge in [0, 0.05) is 0 Å². The van der Waals surface area contributed by atoms with E-state index in [0.717, 1.165) is 0 Å². The van der Waals surface area contributed by atoms with Crippen LogP contribution in [0.4, 0.5) is 5.69 Å². The van der Waals surface area contributed by atoms with Crippen LogP contribution in [0.2, 0.25) is 0 Å². The van der Waals surface area contributed by atoms with E-state index in [1.54, 1.807) is 37.3 Å². The summed E-state index contributed by atoms with van der Waals surface area (Å²) in [6.45, 7) is 3.92. The molecule has 0 aromatic heterocycles. The summed E-state index contributed by atoms with van der Waals surface area (Å²) >= 11 is 0. The lowest BCUT2D eigenvalue weighted by Crippen LogP contribution is -2.21. The first-order valence-corrected chi connectivity index (χ1v) is 8.31. The number of rotatable bonds is 5. The Labute approximate surface area is 155 Å². The number of carbonyl (C=O) groups excluding carboxylic acids is 1. The largest absolute Gasteiger partial charge is 0.504 e. The van der Waals surface area contributed by atoms with Crippen molar-refractivity contribution in [3.63, 3.8) is 0 Å². The zero-order valence-corrected chi connectivity index (χ0v) is 14.8. The summed E-state index contributed by atoms with van der Waals surface area (Å²) in [6, 6.07) is 10.8. The fourth-order valence-electron chi connectivity index (χ4n) is 2.69. The van der Waals surface area contributed by atoms with Crippen LogP contribution in [0.1, 0.15) is 29.8 Å². The van der Waals surface area contributed by atoms with Gasteiger partial charge in [0.05, 0.1) is 29.1 Å². The number of benzene rings is 2. The molecule has 27 heavy (non-hydrogen) atoms. The van der Waals surface area contributed by atoms with Crippen molar-refractivity contribution >= 4 is 29.4 Å². The zero-order valence-electron chi connectivity index (χ0n) is 14.8. The van der Waals surface area contributed by atoms with E-state index >= 15 is 0 Å². The molecule has 0 radical (unpaired) electrons. The number of carbonyl (C=O) groups is 2. The maximum Gasteiger partial charge on any atom is 0.335 e. The van der Waals surface area contributed by atoms with E-state index in [1.807, 2.05) is 6.92 Å². The lowest BCUT2D eigenvalue weighted by Gasteiger charge is -2.12. The number of carboxylic acid groups (broad SMARTS) is 1.